The number of benzene rings is 2. The minimum absolute atomic E-state index is 0.0500. The molecule has 2 aromatic carbocycles. The third-order valence-corrected chi connectivity index (χ3v) is 9.35. The molecule has 39 heavy (non-hydrogen) atoms. The lowest BCUT2D eigenvalue weighted by atomic mass is 9.74. The number of hydrogen-bond acceptors (Lipinski definition) is 4. The van der Waals surface area contributed by atoms with Crippen molar-refractivity contribution < 1.29 is 23.6 Å². The number of urea groups is 1. The standard InChI is InChI=1S/C30H31BrFN3O4/c1-17(2)16-30-24-23(26(36)33(27(24)37)21-8-4-3-5-9-21)25(18-11-13-20(32)14-12-18)35(30)29(39)34(28(30)38)22-10-6-7-19(31)15-22/h6-7,10-15,17,21,23-25H,3-5,8-9,16H2,1-2H3/t23-,24-,25-,30-/m1/s1. The van der Waals surface area contributed by atoms with Crippen LogP contribution in [0.3, 0.4) is 0 Å². The highest BCUT2D eigenvalue weighted by Gasteiger charge is 2.77. The van der Waals surface area contributed by atoms with Gasteiger partial charge >= 0.3 is 6.03 Å². The minimum Gasteiger partial charge on any atom is -0.300 e. The van der Waals surface area contributed by atoms with Gasteiger partial charge in [-0.25, -0.2) is 14.1 Å². The molecule has 2 aromatic rings. The van der Waals surface area contributed by atoms with Gasteiger partial charge in [-0.15, -0.1) is 0 Å². The summed E-state index contributed by atoms with van der Waals surface area (Å²) in [6.45, 7) is 3.90. The van der Waals surface area contributed by atoms with Crippen LogP contribution in [0.4, 0.5) is 14.9 Å². The fourth-order valence-electron chi connectivity index (χ4n) is 7.50. The van der Waals surface area contributed by atoms with Crippen molar-refractivity contribution >= 4 is 45.4 Å². The van der Waals surface area contributed by atoms with Crippen molar-refractivity contribution in [2.75, 3.05) is 4.90 Å². The number of anilines is 1. The fourth-order valence-corrected chi connectivity index (χ4v) is 7.89. The maximum atomic E-state index is 14.6. The van der Waals surface area contributed by atoms with Gasteiger partial charge in [0.1, 0.15) is 11.4 Å². The van der Waals surface area contributed by atoms with E-state index in [4.69, 9.17) is 0 Å². The molecule has 5 amide bonds. The van der Waals surface area contributed by atoms with Crippen molar-refractivity contribution in [3.8, 4) is 0 Å². The van der Waals surface area contributed by atoms with Crippen LogP contribution in [0.15, 0.2) is 53.0 Å². The SMILES string of the molecule is CC(C)C[C@@]12C(=O)N(c3cccc(Br)c3)C(=O)N1[C@H](c1ccc(F)cc1)[C@@H]1C(=O)N(C3CCCCC3)C(=O)[C@@H]12. The molecule has 0 bridgehead atoms. The highest BCUT2D eigenvalue weighted by atomic mass is 79.9. The van der Waals surface area contributed by atoms with E-state index in [2.05, 4.69) is 15.9 Å². The van der Waals surface area contributed by atoms with Crippen molar-refractivity contribution in [2.45, 2.75) is 70.0 Å². The van der Waals surface area contributed by atoms with E-state index < -0.39 is 41.2 Å². The highest BCUT2D eigenvalue weighted by molar-refractivity contribution is 9.10. The zero-order valence-corrected chi connectivity index (χ0v) is 23.6. The number of amides is 5. The molecule has 0 spiro atoms. The molecule has 3 saturated heterocycles. The lowest BCUT2D eigenvalue weighted by Crippen LogP contribution is -2.55. The Morgan fingerprint density at radius 3 is 2.31 bits per heavy atom. The molecule has 0 unspecified atom stereocenters. The molecule has 6 rings (SSSR count). The van der Waals surface area contributed by atoms with Crippen molar-refractivity contribution in [2.24, 2.45) is 17.8 Å². The summed E-state index contributed by atoms with van der Waals surface area (Å²) in [6.07, 6.45) is 4.67. The molecule has 4 aliphatic rings. The van der Waals surface area contributed by atoms with Crippen LogP contribution >= 0.6 is 15.9 Å². The average molecular weight is 596 g/mol. The van der Waals surface area contributed by atoms with Gasteiger partial charge in [0, 0.05) is 10.5 Å². The molecule has 3 heterocycles. The van der Waals surface area contributed by atoms with E-state index in [1.54, 1.807) is 36.4 Å². The monoisotopic (exact) mass is 595 g/mol. The summed E-state index contributed by atoms with van der Waals surface area (Å²) in [5.74, 6) is -3.56. The van der Waals surface area contributed by atoms with E-state index in [1.807, 2.05) is 13.8 Å². The number of likely N-dealkylation sites (tertiary alicyclic amines) is 1. The first-order valence-electron chi connectivity index (χ1n) is 13.7. The summed E-state index contributed by atoms with van der Waals surface area (Å²) in [7, 11) is 0. The van der Waals surface area contributed by atoms with E-state index in [1.165, 1.54) is 21.9 Å². The van der Waals surface area contributed by atoms with Gasteiger partial charge in [-0.05, 0) is 61.1 Å². The second-order valence-electron chi connectivity index (χ2n) is 11.6. The second-order valence-corrected chi connectivity index (χ2v) is 12.5. The average Bonchev–Trinajstić information content (AvgIpc) is 3.42. The largest absolute Gasteiger partial charge is 0.332 e. The summed E-state index contributed by atoms with van der Waals surface area (Å²) in [6, 6.07) is 11.0. The minimum atomic E-state index is -1.52. The summed E-state index contributed by atoms with van der Waals surface area (Å²) in [4.78, 5) is 61.4. The molecule has 0 N–H and O–H groups in total. The van der Waals surface area contributed by atoms with Crippen LogP contribution in [0.5, 0.6) is 0 Å². The molecule has 1 saturated carbocycles. The first kappa shape index (κ1) is 26.2. The smallest absolute Gasteiger partial charge is 0.300 e. The van der Waals surface area contributed by atoms with Crippen molar-refractivity contribution in [3.05, 3.63) is 64.4 Å². The number of fused-ring (bicyclic) bond motifs is 3. The van der Waals surface area contributed by atoms with Gasteiger partial charge < -0.3 is 4.90 Å². The maximum Gasteiger partial charge on any atom is 0.332 e. The lowest BCUT2D eigenvalue weighted by Gasteiger charge is -2.38. The Labute approximate surface area is 235 Å². The number of carbonyl (C=O) groups excluding carboxylic acids is 4. The zero-order valence-electron chi connectivity index (χ0n) is 22.0. The highest BCUT2D eigenvalue weighted by Crippen LogP contribution is 2.61. The molecule has 0 radical (unpaired) electrons. The zero-order chi connectivity index (χ0) is 27.6. The van der Waals surface area contributed by atoms with Crippen molar-refractivity contribution in [3.63, 3.8) is 0 Å². The first-order valence-corrected chi connectivity index (χ1v) is 14.5. The van der Waals surface area contributed by atoms with Gasteiger partial charge in [0.05, 0.1) is 23.6 Å². The van der Waals surface area contributed by atoms with E-state index >= 15 is 0 Å². The first-order chi connectivity index (χ1) is 18.7. The van der Waals surface area contributed by atoms with Gasteiger partial charge in [0.15, 0.2) is 0 Å². The summed E-state index contributed by atoms with van der Waals surface area (Å²) >= 11 is 3.43. The maximum absolute atomic E-state index is 14.6. The van der Waals surface area contributed by atoms with Crippen LogP contribution in [0.25, 0.3) is 0 Å². The van der Waals surface area contributed by atoms with Crippen molar-refractivity contribution in [1.82, 2.24) is 9.80 Å². The molecule has 4 fully saturated rings. The normalized spacial score (nSPS) is 29.2. The van der Waals surface area contributed by atoms with Gasteiger partial charge in [-0.1, -0.05) is 67.2 Å². The molecule has 3 aliphatic heterocycles. The Bertz CT molecular complexity index is 1360. The van der Waals surface area contributed by atoms with Gasteiger partial charge in [0.25, 0.3) is 5.91 Å². The van der Waals surface area contributed by atoms with Crippen molar-refractivity contribution in [1.29, 1.82) is 0 Å². The second kappa shape index (κ2) is 9.54. The molecule has 7 nitrogen and oxygen atoms in total. The predicted molar refractivity (Wildman–Crippen MR) is 146 cm³/mol. The van der Waals surface area contributed by atoms with Gasteiger partial charge in [0.2, 0.25) is 11.8 Å². The van der Waals surface area contributed by atoms with Gasteiger partial charge in [-0.3, -0.25) is 19.3 Å². The molecule has 1 aliphatic carbocycles. The van der Waals surface area contributed by atoms with Crippen LogP contribution in [0.2, 0.25) is 0 Å². The summed E-state index contributed by atoms with van der Waals surface area (Å²) in [5, 5.41) is 0. The van der Waals surface area contributed by atoms with E-state index in [0.717, 1.165) is 37.0 Å². The molecule has 9 heteroatoms. The summed E-state index contributed by atoms with van der Waals surface area (Å²) < 4.78 is 14.7. The number of rotatable bonds is 5. The Kier molecular flexibility index (Phi) is 6.40. The molecular formula is C30H31BrFN3O4. The van der Waals surface area contributed by atoms with Crippen LogP contribution in [0, 0.1) is 23.6 Å². The van der Waals surface area contributed by atoms with Crippen LogP contribution in [-0.2, 0) is 14.4 Å². The Morgan fingerprint density at radius 2 is 1.67 bits per heavy atom. The van der Waals surface area contributed by atoms with E-state index in [9.17, 15) is 23.6 Å². The Balaban J connectivity index is 1.56. The van der Waals surface area contributed by atoms with Crippen LogP contribution in [-0.4, -0.2) is 45.1 Å². The van der Waals surface area contributed by atoms with Crippen LogP contribution in [0.1, 0.15) is 64.0 Å². The topological polar surface area (TPSA) is 78.0 Å². The summed E-state index contributed by atoms with van der Waals surface area (Å²) in [5.41, 5.74) is -0.582. The fraction of sp³-hybridized carbons (Fsp3) is 0.467. The predicted octanol–water partition coefficient (Wildman–Crippen LogP) is 5.83. The van der Waals surface area contributed by atoms with Crippen LogP contribution < -0.4 is 4.90 Å². The molecule has 4 atom stereocenters. The third kappa shape index (κ3) is 3.79. The quantitative estimate of drug-likeness (QED) is 0.322. The van der Waals surface area contributed by atoms with E-state index in [-0.39, 0.29) is 30.2 Å². The lowest BCUT2D eigenvalue weighted by molar-refractivity contribution is -0.147. The number of imide groups is 2. The molecular weight excluding hydrogens is 565 g/mol. The molecule has 0 aromatic heterocycles. The third-order valence-electron chi connectivity index (χ3n) is 8.86. The van der Waals surface area contributed by atoms with E-state index in [0.29, 0.717) is 15.7 Å². The number of halogens is 2. The molecule has 204 valence electrons. The Hall–Kier alpha value is -3.07. The number of hydrogen-bond donors (Lipinski definition) is 0. The number of carbonyl (C=O) groups is 4. The Morgan fingerprint density at radius 1 is 0.974 bits per heavy atom. The van der Waals surface area contributed by atoms with Gasteiger partial charge in [-0.2, -0.15) is 0 Å². The number of nitrogens with zero attached hydrogens (tertiary/aromatic N) is 3.